The first-order chi connectivity index (χ1) is 9.20. The van der Waals surface area contributed by atoms with E-state index in [0.717, 1.165) is 11.1 Å². The molecule has 0 aliphatic rings. The van der Waals surface area contributed by atoms with E-state index in [-0.39, 0.29) is 11.9 Å². The topological polar surface area (TPSA) is 29.1 Å². The summed E-state index contributed by atoms with van der Waals surface area (Å²) < 4.78 is 0. The average molecular weight is 274 g/mol. The number of aryl methyl sites for hydroxylation is 1. The van der Waals surface area contributed by atoms with Crippen LogP contribution in [0.3, 0.4) is 0 Å². The highest BCUT2D eigenvalue weighted by atomic mass is 35.5. The Balaban J connectivity index is 2.13. The van der Waals surface area contributed by atoms with Gasteiger partial charge in [-0.2, -0.15) is 0 Å². The summed E-state index contributed by atoms with van der Waals surface area (Å²) in [5.41, 5.74) is 2.74. The van der Waals surface area contributed by atoms with Crippen molar-refractivity contribution >= 4 is 17.5 Å². The second-order valence-electron chi connectivity index (χ2n) is 4.46. The summed E-state index contributed by atoms with van der Waals surface area (Å²) in [4.78, 5) is 12.2. The van der Waals surface area contributed by atoms with Crippen LogP contribution in [0.4, 0.5) is 0 Å². The lowest BCUT2D eigenvalue weighted by Gasteiger charge is -2.16. The van der Waals surface area contributed by atoms with Crippen molar-refractivity contribution in [3.05, 3.63) is 71.3 Å². The van der Waals surface area contributed by atoms with Crippen LogP contribution in [0.1, 0.15) is 27.5 Å². The normalized spacial score (nSPS) is 11.9. The van der Waals surface area contributed by atoms with Gasteiger partial charge in [-0.15, -0.1) is 11.6 Å². The Hall–Kier alpha value is -1.80. The standard InChI is InChI=1S/C16H16ClNO/c1-12-6-5-9-14(10-12)16(19)18-15(11-17)13-7-3-2-4-8-13/h2-10,15H,11H2,1H3,(H,18,19). The molecule has 1 unspecified atom stereocenters. The number of benzene rings is 2. The van der Waals surface area contributed by atoms with Crippen molar-refractivity contribution in [3.8, 4) is 0 Å². The van der Waals surface area contributed by atoms with Gasteiger partial charge in [0, 0.05) is 11.4 Å². The van der Waals surface area contributed by atoms with Crippen LogP contribution in [0.5, 0.6) is 0 Å². The highest BCUT2D eigenvalue weighted by Crippen LogP contribution is 2.15. The maximum atomic E-state index is 12.2. The number of amides is 1. The lowest BCUT2D eigenvalue weighted by atomic mass is 10.1. The molecule has 0 aliphatic carbocycles. The van der Waals surface area contributed by atoms with Gasteiger partial charge >= 0.3 is 0 Å². The summed E-state index contributed by atoms with van der Waals surface area (Å²) in [5, 5.41) is 2.96. The van der Waals surface area contributed by atoms with Crippen LogP contribution < -0.4 is 5.32 Å². The quantitative estimate of drug-likeness (QED) is 0.846. The largest absolute Gasteiger partial charge is 0.344 e. The first-order valence-electron chi connectivity index (χ1n) is 6.19. The van der Waals surface area contributed by atoms with Crippen LogP contribution in [0.25, 0.3) is 0 Å². The van der Waals surface area contributed by atoms with E-state index in [2.05, 4.69) is 5.32 Å². The summed E-state index contributed by atoms with van der Waals surface area (Å²) in [5.74, 6) is 0.250. The second kappa shape index (κ2) is 6.39. The molecule has 1 N–H and O–H groups in total. The van der Waals surface area contributed by atoms with Gasteiger partial charge in [0.05, 0.1) is 6.04 Å². The van der Waals surface area contributed by atoms with Gasteiger partial charge in [0.1, 0.15) is 0 Å². The molecule has 0 radical (unpaired) electrons. The fourth-order valence-electron chi connectivity index (χ4n) is 1.92. The monoisotopic (exact) mass is 273 g/mol. The molecule has 2 rings (SSSR count). The molecule has 2 nitrogen and oxygen atoms in total. The number of nitrogens with one attached hydrogen (secondary N) is 1. The molecule has 19 heavy (non-hydrogen) atoms. The molecule has 0 aliphatic heterocycles. The molecule has 0 bridgehead atoms. The minimum Gasteiger partial charge on any atom is -0.344 e. The van der Waals surface area contributed by atoms with E-state index in [9.17, 15) is 4.79 Å². The number of carbonyl (C=O) groups is 1. The smallest absolute Gasteiger partial charge is 0.251 e. The summed E-state index contributed by atoms with van der Waals surface area (Å²) in [6.45, 7) is 1.97. The molecule has 2 aromatic carbocycles. The minimum atomic E-state index is -0.170. The van der Waals surface area contributed by atoms with Crippen LogP contribution in [0.2, 0.25) is 0 Å². The highest BCUT2D eigenvalue weighted by Gasteiger charge is 2.14. The Morgan fingerprint density at radius 2 is 1.89 bits per heavy atom. The fourth-order valence-corrected chi connectivity index (χ4v) is 2.18. The van der Waals surface area contributed by atoms with Crippen molar-refractivity contribution in [3.63, 3.8) is 0 Å². The lowest BCUT2D eigenvalue weighted by molar-refractivity contribution is 0.0940. The molecular formula is C16H16ClNO. The zero-order valence-corrected chi connectivity index (χ0v) is 11.5. The van der Waals surface area contributed by atoms with Gasteiger partial charge in [-0.1, -0.05) is 48.0 Å². The van der Waals surface area contributed by atoms with Crippen molar-refractivity contribution in [1.82, 2.24) is 5.32 Å². The van der Waals surface area contributed by atoms with Gasteiger partial charge in [0.15, 0.2) is 0 Å². The van der Waals surface area contributed by atoms with Crippen LogP contribution in [0.15, 0.2) is 54.6 Å². The Morgan fingerprint density at radius 3 is 2.53 bits per heavy atom. The maximum absolute atomic E-state index is 12.2. The zero-order chi connectivity index (χ0) is 13.7. The molecule has 0 aromatic heterocycles. The van der Waals surface area contributed by atoms with Crippen LogP contribution in [-0.4, -0.2) is 11.8 Å². The van der Waals surface area contributed by atoms with Crippen LogP contribution >= 0.6 is 11.6 Å². The van der Waals surface area contributed by atoms with E-state index in [1.165, 1.54) is 0 Å². The molecule has 3 heteroatoms. The van der Waals surface area contributed by atoms with E-state index in [1.54, 1.807) is 6.07 Å². The van der Waals surface area contributed by atoms with Crippen molar-refractivity contribution < 1.29 is 4.79 Å². The molecule has 1 atom stereocenters. The molecule has 98 valence electrons. The number of carbonyl (C=O) groups excluding carboxylic acids is 1. The van der Waals surface area contributed by atoms with Crippen molar-refractivity contribution in [2.45, 2.75) is 13.0 Å². The summed E-state index contributed by atoms with van der Waals surface area (Å²) in [6.07, 6.45) is 0. The van der Waals surface area contributed by atoms with Crippen LogP contribution in [0, 0.1) is 6.92 Å². The van der Waals surface area contributed by atoms with Crippen LogP contribution in [-0.2, 0) is 0 Å². The molecule has 0 fully saturated rings. The van der Waals surface area contributed by atoms with E-state index < -0.39 is 0 Å². The van der Waals surface area contributed by atoms with Crippen molar-refractivity contribution in [1.29, 1.82) is 0 Å². The second-order valence-corrected chi connectivity index (χ2v) is 4.77. The van der Waals surface area contributed by atoms with Crippen molar-refractivity contribution in [2.24, 2.45) is 0 Å². The van der Waals surface area contributed by atoms with E-state index in [1.807, 2.05) is 55.5 Å². The zero-order valence-electron chi connectivity index (χ0n) is 10.8. The van der Waals surface area contributed by atoms with Gasteiger partial charge < -0.3 is 5.32 Å². The minimum absolute atomic E-state index is 0.0989. The number of rotatable bonds is 4. The summed E-state index contributed by atoms with van der Waals surface area (Å²) >= 11 is 5.95. The number of alkyl halides is 1. The van der Waals surface area contributed by atoms with E-state index >= 15 is 0 Å². The maximum Gasteiger partial charge on any atom is 0.251 e. The molecule has 0 heterocycles. The first-order valence-corrected chi connectivity index (χ1v) is 6.72. The third-order valence-corrected chi connectivity index (χ3v) is 3.25. The average Bonchev–Trinajstić information content (AvgIpc) is 2.45. The molecule has 1 amide bonds. The molecule has 2 aromatic rings. The molecular weight excluding hydrogens is 258 g/mol. The van der Waals surface area contributed by atoms with Gasteiger partial charge in [-0.3, -0.25) is 4.79 Å². The first kappa shape index (κ1) is 13.6. The Kier molecular flexibility index (Phi) is 4.58. The summed E-state index contributed by atoms with van der Waals surface area (Å²) in [7, 11) is 0. The molecule has 0 spiro atoms. The fraction of sp³-hybridized carbons (Fsp3) is 0.188. The van der Waals surface area contributed by atoms with Gasteiger partial charge in [-0.25, -0.2) is 0 Å². The predicted octanol–water partition coefficient (Wildman–Crippen LogP) is 3.70. The number of hydrogen-bond donors (Lipinski definition) is 1. The number of hydrogen-bond acceptors (Lipinski definition) is 1. The Bertz CT molecular complexity index is 554. The third-order valence-electron chi connectivity index (χ3n) is 2.94. The predicted molar refractivity (Wildman–Crippen MR) is 78.5 cm³/mol. The van der Waals surface area contributed by atoms with Gasteiger partial charge in [-0.05, 0) is 24.6 Å². The highest BCUT2D eigenvalue weighted by molar-refractivity contribution is 6.18. The lowest BCUT2D eigenvalue weighted by Crippen LogP contribution is -2.29. The number of halogens is 1. The molecule has 0 saturated carbocycles. The van der Waals surface area contributed by atoms with Gasteiger partial charge in [0.25, 0.3) is 5.91 Å². The Morgan fingerprint density at radius 1 is 1.16 bits per heavy atom. The van der Waals surface area contributed by atoms with E-state index in [0.29, 0.717) is 11.4 Å². The molecule has 0 saturated heterocycles. The van der Waals surface area contributed by atoms with Crippen molar-refractivity contribution in [2.75, 3.05) is 5.88 Å². The summed E-state index contributed by atoms with van der Waals surface area (Å²) in [6, 6.07) is 17.1. The Labute approximate surface area is 118 Å². The third kappa shape index (κ3) is 3.58. The van der Waals surface area contributed by atoms with E-state index in [4.69, 9.17) is 11.6 Å². The van der Waals surface area contributed by atoms with Gasteiger partial charge in [0.2, 0.25) is 0 Å². The SMILES string of the molecule is Cc1cccc(C(=O)NC(CCl)c2ccccc2)c1.